The predicted molar refractivity (Wildman–Crippen MR) is 79.1 cm³/mol. The van der Waals surface area contributed by atoms with E-state index in [-0.39, 0.29) is 12.3 Å². The zero-order valence-corrected chi connectivity index (χ0v) is 11.9. The van der Waals surface area contributed by atoms with Crippen LogP contribution in [0.15, 0.2) is 41.3 Å². The lowest BCUT2D eigenvalue weighted by Crippen LogP contribution is -2.41. The molecule has 22 heavy (non-hydrogen) atoms. The second-order valence-corrected chi connectivity index (χ2v) is 5.61. The molecule has 1 aromatic heterocycles. The highest BCUT2D eigenvalue weighted by Crippen LogP contribution is 2.44. The number of aliphatic carboxylic acids is 1. The van der Waals surface area contributed by atoms with Gasteiger partial charge >= 0.3 is 5.97 Å². The zero-order valence-electron chi connectivity index (χ0n) is 11.9. The number of benzene rings is 1. The quantitative estimate of drug-likeness (QED) is 0.885. The molecule has 2 N–H and O–H groups in total. The Morgan fingerprint density at radius 2 is 2.00 bits per heavy atom. The van der Waals surface area contributed by atoms with E-state index in [0.29, 0.717) is 24.3 Å². The van der Waals surface area contributed by atoms with Crippen molar-refractivity contribution in [3.63, 3.8) is 0 Å². The molecule has 0 spiro atoms. The van der Waals surface area contributed by atoms with Crippen molar-refractivity contribution in [3.05, 3.63) is 36.9 Å². The number of anilines is 1. The van der Waals surface area contributed by atoms with Gasteiger partial charge in [-0.1, -0.05) is 6.42 Å². The second kappa shape index (κ2) is 5.63. The van der Waals surface area contributed by atoms with Gasteiger partial charge in [-0.25, -0.2) is 4.98 Å². The van der Waals surface area contributed by atoms with Gasteiger partial charge in [-0.15, -0.1) is 0 Å². The van der Waals surface area contributed by atoms with Gasteiger partial charge in [-0.05, 0) is 37.1 Å². The molecule has 0 unspecified atom stereocenters. The summed E-state index contributed by atoms with van der Waals surface area (Å²) in [5.74, 6) is -0.499. The predicted octanol–water partition coefficient (Wildman–Crippen LogP) is 2.93. The second-order valence-electron chi connectivity index (χ2n) is 5.61. The highest BCUT2D eigenvalue weighted by atomic mass is 16.4. The first-order valence-corrected chi connectivity index (χ1v) is 7.11. The van der Waals surface area contributed by atoms with E-state index in [1.54, 1.807) is 18.3 Å². The summed E-state index contributed by atoms with van der Waals surface area (Å²) in [5.41, 5.74) is 0.619. The lowest BCUT2D eigenvalue weighted by molar-refractivity contribution is -0.157. The van der Waals surface area contributed by atoms with E-state index in [9.17, 15) is 14.7 Å². The van der Waals surface area contributed by atoms with Crippen LogP contribution in [-0.4, -0.2) is 22.0 Å². The molecule has 0 bridgehead atoms. The number of amides is 1. The third-order valence-corrected chi connectivity index (χ3v) is 4.15. The number of oxazole rings is 1. The molecule has 0 aliphatic heterocycles. The average molecular weight is 300 g/mol. The molecule has 0 atom stereocenters. The average Bonchev–Trinajstić information content (AvgIpc) is 2.97. The van der Waals surface area contributed by atoms with E-state index in [1.165, 1.54) is 6.39 Å². The number of rotatable bonds is 5. The minimum absolute atomic E-state index is 0.0200. The molecule has 2 aromatic rings. The fourth-order valence-electron chi connectivity index (χ4n) is 2.66. The number of carboxylic acids is 1. The normalized spacial score (nSPS) is 15.8. The van der Waals surface area contributed by atoms with Gasteiger partial charge in [0.2, 0.25) is 5.91 Å². The minimum atomic E-state index is -0.880. The van der Waals surface area contributed by atoms with Gasteiger partial charge in [0.25, 0.3) is 0 Å². The van der Waals surface area contributed by atoms with Crippen LogP contribution in [-0.2, 0) is 9.59 Å². The van der Waals surface area contributed by atoms with E-state index in [0.717, 1.165) is 12.0 Å². The van der Waals surface area contributed by atoms with Crippen LogP contribution in [0.25, 0.3) is 11.3 Å². The number of nitrogens with one attached hydrogen (secondary N) is 1. The molecular formula is C16H16N2O4. The molecule has 6 heteroatoms. The Hall–Kier alpha value is -2.63. The Balaban J connectivity index is 1.63. The molecule has 1 saturated carbocycles. The molecular weight excluding hydrogens is 284 g/mol. The van der Waals surface area contributed by atoms with Crippen molar-refractivity contribution in [1.82, 2.24) is 4.98 Å². The minimum Gasteiger partial charge on any atom is -0.481 e. The van der Waals surface area contributed by atoms with Crippen molar-refractivity contribution in [3.8, 4) is 11.3 Å². The summed E-state index contributed by atoms with van der Waals surface area (Å²) in [6.45, 7) is 0. The van der Waals surface area contributed by atoms with Gasteiger partial charge < -0.3 is 14.8 Å². The molecule has 1 fully saturated rings. The molecule has 1 aromatic carbocycles. The summed E-state index contributed by atoms with van der Waals surface area (Å²) in [4.78, 5) is 27.2. The third kappa shape index (κ3) is 2.72. The van der Waals surface area contributed by atoms with Crippen LogP contribution < -0.4 is 5.32 Å². The van der Waals surface area contributed by atoms with Crippen LogP contribution in [0.3, 0.4) is 0 Å². The number of aromatic nitrogens is 1. The summed E-state index contributed by atoms with van der Waals surface area (Å²) in [5, 5.41) is 12.0. The highest BCUT2D eigenvalue weighted by molar-refractivity contribution is 5.94. The standard InChI is InChI=1S/C16H16N2O4/c19-14(8-16(15(20)21)6-1-7-16)18-12-4-2-11(3-5-12)13-9-17-10-22-13/h2-5,9-10H,1,6-8H2,(H,18,19)(H,20,21). The molecule has 0 saturated heterocycles. The first-order valence-electron chi connectivity index (χ1n) is 7.11. The summed E-state index contributed by atoms with van der Waals surface area (Å²) < 4.78 is 5.19. The van der Waals surface area contributed by atoms with Crippen molar-refractivity contribution < 1.29 is 19.1 Å². The van der Waals surface area contributed by atoms with Crippen molar-refractivity contribution in [2.24, 2.45) is 5.41 Å². The SMILES string of the molecule is O=C(CC1(C(=O)O)CCC1)Nc1ccc(-c2cnco2)cc1. The molecule has 114 valence electrons. The van der Waals surface area contributed by atoms with Crippen molar-refractivity contribution in [2.45, 2.75) is 25.7 Å². The number of hydrogen-bond acceptors (Lipinski definition) is 4. The topological polar surface area (TPSA) is 92.4 Å². The van der Waals surface area contributed by atoms with Crippen molar-refractivity contribution >= 4 is 17.6 Å². The molecule has 1 heterocycles. The maximum absolute atomic E-state index is 12.0. The lowest BCUT2D eigenvalue weighted by atomic mass is 9.66. The number of carbonyl (C=O) groups excluding carboxylic acids is 1. The van der Waals surface area contributed by atoms with Gasteiger partial charge in [0.15, 0.2) is 12.2 Å². The van der Waals surface area contributed by atoms with Gasteiger partial charge in [0.1, 0.15) is 0 Å². The van der Waals surface area contributed by atoms with Crippen LogP contribution in [0, 0.1) is 5.41 Å². The van der Waals surface area contributed by atoms with E-state index in [4.69, 9.17) is 4.42 Å². The summed E-state index contributed by atoms with van der Waals surface area (Å²) in [6.07, 6.45) is 4.99. The smallest absolute Gasteiger partial charge is 0.310 e. The molecule has 1 aliphatic carbocycles. The Morgan fingerprint density at radius 3 is 2.50 bits per heavy atom. The first-order chi connectivity index (χ1) is 10.6. The van der Waals surface area contributed by atoms with Gasteiger partial charge in [0.05, 0.1) is 11.6 Å². The first kappa shape index (κ1) is 14.3. The van der Waals surface area contributed by atoms with Crippen LogP contribution in [0.4, 0.5) is 5.69 Å². The largest absolute Gasteiger partial charge is 0.481 e. The van der Waals surface area contributed by atoms with Crippen molar-refractivity contribution in [1.29, 1.82) is 0 Å². The molecule has 3 rings (SSSR count). The summed E-state index contributed by atoms with van der Waals surface area (Å²) in [6, 6.07) is 7.13. The maximum atomic E-state index is 12.0. The number of carboxylic acid groups (broad SMARTS) is 1. The molecule has 0 radical (unpaired) electrons. The highest BCUT2D eigenvalue weighted by Gasteiger charge is 2.45. The number of nitrogens with zero attached hydrogens (tertiary/aromatic N) is 1. The molecule has 1 amide bonds. The van der Waals surface area contributed by atoms with Crippen LogP contribution >= 0.6 is 0 Å². The Labute approximate surface area is 127 Å². The fourth-order valence-corrected chi connectivity index (χ4v) is 2.66. The molecule has 1 aliphatic rings. The van der Waals surface area contributed by atoms with Crippen LogP contribution in [0.5, 0.6) is 0 Å². The molecule has 6 nitrogen and oxygen atoms in total. The number of carbonyl (C=O) groups is 2. The maximum Gasteiger partial charge on any atom is 0.310 e. The van der Waals surface area contributed by atoms with Crippen LogP contribution in [0.2, 0.25) is 0 Å². The van der Waals surface area contributed by atoms with Crippen LogP contribution in [0.1, 0.15) is 25.7 Å². The van der Waals surface area contributed by atoms with Gasteiger partial charge in [-0.3, -0.25) is 9.59 Å². The Morgan fingerprint density at radius 1 is 1.27 bits per heavy atom. The monoisotopic (exact) mass is 300 g/mol. The van der Waals surface area contributed by atoms with Gasteiger partial charge in [0, 0.05) is 17.7 Å². The van der Waals surface area contributed by atoms with Crippen molar-refractivity contribution in [2.75, 3.05) is 5.32 Å². The zero-order chi connectivity index (χ0) is 15.6. The number of hydrogen-bond donors (Lipinski definition) is 2. The fraction of sp³-hybridized carbons (Fsp3) is 0.312. The van der Waals surface area contributed by atoms with E-state index in [1.807, 2.05) is 12.1 Å². The Bertz CT molecular complexity index is 673. The van der Waals surface area contributed by atoms with E-state index >= 15 is 0 Å². The van der Waals surface area contributed by atoms with E-state index < -0.39 is 11.4 Å². The Kier molecular flexibility index (Phi) is 3.66. The van der Waals surface area contributed by atoms with E-state index in [2.05, 4.69) is 10.3 Å². The third-order valence-electron chi connectivity index (χ3n) is 4.15. The lowest BCUT2D eigenvalue weighted by Gasteiger charge is -2.36. The van der Waals surface area contributed by atoms with Gasteiger partial charge in [-0.2, -0.15) is 0 Å². The summed E-state index contributed by atoms with van der Waals surface area (Å²) in [7, 11) is 0. The summed E-state index contributed by atoms with van der Waals surface area (Å²) >= 11 is 0.